The minimum absolute atomic E-state index is 0.246. The molecule has 0 atom stereocenters. The van der Waals surface area contributed by atoms with E-state index in [1.807, 2.05) is 30.3 Å². The van der Waals surface area contributed by atoms with Crippen LogP contribution >= 0.6 is 0 Å². The van der Waals surface area contributed by atoms with Crippen molar-refractivity contribution in [1.29, 1.82) is 0 Å². The number of aliphatic carboxylic acids is 1. The first-order valence-electron chi connectivity index (χ1n) is 4.31. The average molecular weight is 188 g/mol. The minimum Gasteiger partial charge on any atom is -0.478 e. The van der Waals surface area contributed by atoms with Gasteiger partial charge in [-0.2, -0.15) is 0 Å². The highest BCUT2D eigenvalue weighted by Gasteiger charge is 2.10. The zero-order valence-electron chi connectivity index (χ0n) is 8.03. The third-order valence-corrected chi connectivity index (χ3v) is 1.97. The Bertz CT molecular complexity index is 375. The van der Waals surface area contributed by atoms with Crippen molar-refractivity contribution >= 4 is 11.5 Å². The van der Waals surface area contributed by atoms with Crippen molar-refractivity contribution < 1.29 is 9.90 Å². The molecule has 0 aliphatic heterocycles. The van der Waals surface area contributed by atoms with Crippen molar-refractivity contribution in [2.45, 2.75) is 6.92 Å². The predicted octanol–water partition coefficient (Wildman–Crippen LogP) is 2.73. The monoisotopic (exact) mass is 188 g/mol. The Labute approximate surface area is 83.2 Å². The van der Waals surface area contributed by atoms with Crippen LogP contribution in [0, 0.1) is 0 Å². The van der Waals surface area contributed by atoms with E-state index in [-0.39, 0.29) is 5.57 Å². The van der Waals surface area contributed by atoms with Crippen molar-refractivity contribution in [2.24, 2.45) is 0 Å². The quantitative estimate of drug-likeness (QED) is 0.585. The molecule has 1 rings (SSSR count). The van der Waals surface area contributed by atoms with Crippen molar-refractivity contribution in [1.82, 2.24) is 0 Å². The maximum atomic E-state index is 10.8. The third kappa shape index (κ3) is 2.10. The summed E-state index contributed by atoms with van der Waals surface area (Å²) >= 11 is 0. The van der Waals surface area contributed by atoms with Crippen molar-refractivity contribution in [3.05, 3.63) is 54.1 Å². The SMILES string of the molecule is C=C(/C(=C\C)C(=O)O)c1ccccc1. The van der Waals surface area contributed by atoms with Gasteiger partial charge in [-0.15, -0.1) is 0 Å². The van der Waals surface area contributed by atoms with E-state index in [9.17, 15) is 4.79 Å². The summed E-state index contributed by atoms with van der Waals surface area (Å²) < 4.78 is 0. The number of hydrogen-bond acceptors (Lipinski definition) is 1. The highest BCUT2D eigenvalue weighted by atomic mass is 16.4. The molecule has 1 aromatic carbocycles. The van der Waals surface area contributed by atoms with Crippen LogP contribution in [0.25, 0.3) is 5.57 Å². The molecule has 2 nitrogen and oxygen atoms in total. The van der Waals surface area contributed by atoms with E-state index in [4.69, 9.17) is 5.11 Å². The highest BCUT2D eigenvalue weighted by molar-refractivity contribution is 6.04. The molecule has 0 saturated carbocycles. The van der Waals surface area contributed by atoms with Gasteiger partial charge in [0.25, 0.3) is 0 Å². The van der Waals surface area contributed by atoms with Crippen molar-refractivity contribution in [3.63, 3.8) is 0 Å². The van der Waals surface area contributed by atoms with Crippen LogP contribution in [0.5, 0.6) is 0 Å². The summed E-state index contributed by atoms with van der Waals surface area (Å²) in [4.78, 5) is 10.8. The van der Waals surface area contributed by atoms with E-state index in [1.165, 1.54) is 0 Å². The maximum absolute atomic E-state index is 10.8. The topological polar surface area (TPSA) is 37.3 Å². The van der Waals surface area contributed by atoms with Crippen LogP contribution in [0.15, 0.2) is 48.6 Å². The van der Waals surface area contributed by atoms with Crippen molar-refractivity contribution in [2.75, 3.05) is 0 Å². The summed E-state index contributed by atoms with van der Waals surface area (Å²) in [5.74, 6) is -0.943. The lowest BCUT2D eigenvalue weighted by Gasteiger charge is -2.05. The number of allylic oxidation sites excluding steroid dienone is 1. The van der Waals surface area contributed by atoms with Gasteiger partial charge in [-0.3, -0.25) is 0 Å². The number of carboxylic acid groups (broad SMARTS) is 1. The Morgan fingerprint density at radius 1 is 1.36 bits per heavy atom. The molecule has 0 heterocycles. The molecule has 0 saturated heterocycles. The summed E-state index contributed by atoms with van der Waals surface area (Å²) in [6.07, 6.45) is 1.55. The summed E-state index contributed by atoms with van der Waals surface area (Å²) in [6.45, 7) is 5.46. The summed E-state index contributed by atoms with van der Waals surface area (Å²) in [6, 6.07) is 9.28. The van der Waals surface area contributed by atoms with Gasteiger partial charge in [0.2, 0.25) is 0 Å². The highest BCUT2D eigenvalue weighted by Crippen LogP contribution is 2.20. The van der Waals surface area contributed by atoms with Crippen LogP contribution in [0.3, 0.4) is 0 Å². The lowest BCUT2D eigenvalue weighted by Crippen LogP contribution is -2.01. The summed E-state index contributed by atoms with van der Waals surface area (Å²) in [7, 11) is 0. The zero-order valence-corrected chi connectivity index (χ0v) is 8.03. The van der Waals surface area contributed by atoms with Gasteiger partial charge < -0.3 is 5.11 Å². The molecular formula is C12H12O2. The number of carbonyl (C=O) groups is 1. The standard InChI is InChI=1S/C12H12O2/c1-3-11(12(13)14)9(2)10-7-5-4-6-8-10/h3-8H,2H2,1H3,(H,13,14)/b11-3+. The molecule has 1 aromatic rings. The Morgan fingerprint density at radius 2 is 1.93 bits per heavy atom. The third-order valence-electron chi connectivity index (χ3n) is 1.97. The molecular weight excluding hydrogens is 176 g/mol. The van der Waals surface area contributed by atoms with E-state index in [1.54, 1.807) is 13.0 Å². The van der Waals surface area contributed by atoms with Crippen LogP contribution in [0.4, 0.5) is 0 Å². The van der Waals surface area contributed by atoms with Gasteiger partial charge in [-0.1, -0.05) is 43.0 Å². The second-order valence-electron chi connectivity index (χ2n) is 2.85. The van der Waals surface area contributed by atoms with Gasteiger partial charge in [0, 0.05) is 0 Å². The van der Waals surface area contributed by atoms with Crippen LogP contribution in [-0.2, 0) is 4.79 Å². The Morgan fingerprint density at radius 3 is 2.36 bits per heavy atom. The summed E-state index contributed by atoms with van der Waals surface area (Å²) in [5, 5.41) is 8.88. The van der Waals surface area contributed by atoms with E-state index in [2.05, 4.69) is 6.58 Å². The minimum atomic E-state index is -0.943. The first kappa shape index (κ1) is 10.3. The van der Waals surface area contributed by atoms with E-state index in [0.717, 1.165) is 5.56 Å². The van der Waals surface area contributed by atoms with E-state index < -0.39 is 5.97 Å². The van der Waals surface area contributed by atoms with Gasteiger partial charge in [0.1, 0.15) is 0 Å². The number of carboxylic acids is 1. The fourth-order valence-corrected chi connectivity index (χ4v) is 1.22. The van der Waals surface area contributed by atoms with Gasteiger partial charge >= 0.3 is 5.97 Å². The second kappa shape index (κ2) is 4.42. The van der Waals surface area contributed by atoms with Crippen LogP contribution < -0.4 is 0 Å². The largest absolute Gasteiger partial charge is 0.478 e. The molecule has 0 aliphatic rings. The maximum Gasteiger partial charge on any atom is 0.335 e. The molecule has 0 aliphatic carbocycles. The smallest absolute Gasteiger partial charge is 0.335 e. The molecule has 72 valence electrons. The average Bonchev–Trinajstić information content (AvgIpc) is 2.19. The first-order valence-corrected chi connectivity index (χ1v) is 4.31. The van der Waals surface area contributed by atoms with Crippen LogP contribution in [0.1, 0.15) is 12.5 Å². The predicted molar refractivity (Wildman–Crippen MR) is 56.9 cm³/mol. The first-order chi connectivity index (χ1) is 6.66. The molecule has 1 N–H and O–H groups in total. The van der Waals surface area contributed by atoms with Crippen LogP contribution in [0.2, 0.25) is 0 Å². The molecule has 0 bridgehead atoms. The van der Waals surface area contributed by atoms with Gasteiger partial charge in [-0.05, 0) is 18.1 Å². The molecule has 2 heteroatoms. The molecule has 0 aromatic heterocycles. The van der Waals surface area contributed by atoms with E-state index >= 15 is 0 Å². The molecule has 0 radical (unpaired) electrons. The Kier molecular flexibility index (Phi) is 3.24. The fourth-order valence-electron chi connectivity index (χ4n) is 1.22. The number of hydrogen-bond donors (Lipinski definition) is 1. The molecule has 0 unspecified atom stereocenters. The van der Waals surface area contributed by atoms with Gasteiger partial charge in [0.15, 0.2) is 0 Å². The molecule has 0 amide bonds. The summed E-state index contributed by atoms with van der Waals surface area (Å²) in [5.41, 5.74) is 1.62. The van der Waals surface area contributed by atoms with Gasteiger partial charge in [0.05, 0.1) is 5.57 Å². The fraction of sp³-hybridized carbons (Fsp3) is 0.0833. The van der Waals surface area contributed by atoms with Crippen molar-refractivity contribution in [3.8, 4) is 0 Å². The Hall–Kier alpha value is -1.83. The zero-order chi connectivity index (χ0) is 10.6. The molecule has 0 fully saturated rings. The molecule has 0 spiro atoms. The van der Waals surface area contributed by atoms with E-state index in [0.29, 0.717) is 5.57 Å². The number of benzene rings is 1. The normalized spacial score (nSPS) is 11.1. The lowest BCUT2D eigenvalue weighted by molar-refractivity contribution is -0.132. The number of rotatable bonds is 3. The Balaban J connectivity index is 3.02. The second-order valence-corrected chi connectivity index (χ2v) is 2.85. The molecule has 14 heavy (non-hydrogen) atoms. The van der Waals surface area contributed by atoms with Gasteiger partial charge in [-0.25, -0.2) is 4.79 Å². The van der Waals surface area contributed by atoms with Crippen LogP contribution in [-0.4, -0.2) is 11.1 Å². The lowest BCUT2D eigenvalue weighted by atomic mass is 10.00.